The van der Waals surface area contributed by atoms with E-state index < -0.39 is 0 Å². The van der Waals surface area contributed by atoms with Gasteiger partial charge < -0.3 is 13.7 Å². The molecule has 0 atom stereocenters. The first-order valence-corrected chi connectivity index (χ1v) is 22.1. The molecule has 0 aliphatic rings. The monoisotopic (exact) mass is 832 g/mol. The summed E-state index contributed by atoms with van der Waals surface area (Å²) in [5.74, 6) is 1.90. The Kier molecular flexibility index (Phi) is 8.24. The minimum absolute atomic E-state index is 0.624. The van der Waals surface area contributed by atoms with Crippen LogP contribution in [0.5, 0.6) is 0 Å². The molecule has 0 unspecified atom stereocenters. The maximum absolute atomic E-state index is 5.07. The van der Waals surface area contributed by atoms with E-state index in [2.05, 4.69) is 173 Å². The molecule has 0 saturated carbocycles. The number of rotatable bonds is 6. The standard InChI is InChI=1S/C59H40N6/c1-37-25-31-42(32-26-37)63-48-22-12-9-19-45(48)51-54-52(46-20-10-13-23-49(46)64(54)43-33-27-38(2)28-34-43)56-53(55(51)63)47-21-11-14-24-50(47)65(56)44-35-29-41(30-36-44)59-61-57(39-15-5-3-6-16-39)60-58(62-59)40-17-7-4-8-18-40/h3-36H,1-2H3. The summed E-state index contributed by atoms with van der Waals surface area (Å²) in [6.45, 7) is 4.31. The van der Waals surface area contributed by atoms with Gasteiger partial charge in [0.05, 0.1) is 33.1 Å². The lowest BCUT2D eigenvalue weighted by molar-refractivity contribution is 1.07. The summed E-state index contributed by atoms with van der Waals surface area (Å²) < 4.78 is 7.48. The molecule has 0 radical (unpaired) electrons. The van der Waals surface area contributed by atoms with Crippen molar-refractivity contribution >= 4 is 65.4 Å². The van der Waals surface area contributed by atoms with Crippen molar-refractivity contribution < 1.29 is 0 Å². The smallest absolute Gasteiger partial charge is 0.164 e. The van der Waals surface area contributed by atoms with Gasteiger partial charge in [-0.3, -0.25) is 0 Å². The Balaban J connectivity index is 1.16. The Hall–Kier alpha value is -8.61. The molecule has 4 heterocycles. The zero-order valence-electron chi connectivity index (χ0n) is 35.8. The third-order valence-electron chi connectivity index (χ3n) is 13.0. The van der Waals surface area contributed by atoms with E-state index in [0.717, 1.165) is 50.3 Å². The summed E-state index contributed by atoms with van der Waals surface area (Å²) >= 11 is 0. The maximum atomic E-state index is 5.07. The van der Waals surface area contributed by atoms with Crippen LogP contribution in [-0.2, 0) is 0 Å². The minimum Gasteiger partial charge on any atom is -0.308 e. The molecule has 0 amide bonds. The van der Waals surface area contributed by atoms with E-state index in [9.17, 15) is 0 Å². The van der Waals surface area contributed by atoms with E-state index in [1.165, 1.54) is 60.0 Å². The summed E-state index contributed by atoms with van der Waals surface area (Å²) in [6.07, 6.45) is 0. The summed E-state index contributed by atoms with van der Waals surface area (Å²) in [6, 6.07) is 73.7. The lowest BCUT2D eigenvalue weighted by Gasteiger charge is -2.14. The van der Waals surface area contributed by atoms with Crippen LogP contribution in [0.15, 0.2) is 206 Å². The van der Waals surface area contributed by atoms with E-state index in [0.29, 0.717) is 17.5 Å². The van der Waals surface area contributed by atoms with E-state index in [1.54, 1.807) is 0 Å². The van der Waals surface area contributed by atoms with Crippen LogP contribution in [-0.4, -0.2) is 28.7 Å². The largest absolute Gasteiger partial charge is 0.308 e. The van der Waals surface area contributed by atoms with Crippen molar-refractivity contribution in [1.29, 1.82) is 0 Å². The first-order chi connectivity index (χ1) is 32.1. The van der Waals surface area contributed by atoms with Crippen molar-refractivity contribution in [3.8, 4) is 51.2 Å². The fourth-order valence-electron chi connectivity index (χ4n) is 10.0. The van der Waals surface area contributed by atoms with Gasteiger partial charge in [0.25, 0.3) is 0 Å². The maximum Gasteiger partial charge on any atom is 0.164 e. The lowest BCUT2D eigenvalue weighted by Crippen LogP contribution is -2.00. The van der Waals surface area contributed by atoms with E-state index in [-0.39, 0.29) is 0 Å². The quantitative estimate of drug-likeness (QED) is 0.168. The van der Waals surface area contributed by atoms with Crippen LogP contribution >= 0.6 is 0 Å². The third kappa shape index (κ3) is 5.70. The zero-order valence-corrected chi connectivity index (χ0v) is 35.8. The number of aromatic nitrogens is 6. The molecule has 0 aliphatic carbocycles. The van der Waals surface area contributed by atoms with Crippen molar-refractivity contribution in [2.45, 2.75) is 13.8 Å². The van der Waals surface area contributed by atoms with Crippen LogP contribution in [0.2, 0.25) is 0 Å². The Morgan fingerprint density at radius 1 is 0.277 bits per heavy atom. The van der Waals surface area contributed by atoms with Crippen molar-refractivity contribution in [2.24, 2.45) is 0 Å². The second-order valence-corrected chi connectivity index (χ2v) is 17.0. The van der Waals surface area contributed by atoms with Crippen molar-refractivity contribution in [2.75, 3.05) is 0 Å². The molecule has 0 fully saturated rings. The number of fused-ring (bicyclic) bond motifs is 12. The number of benzene rings is 9. The summed E-state index contributed by atoms with van der Waals surface area (Å²) in [7, 11) is 0. The fraction of sp³-hybridized carbons (Fsp3) is 0.0339. The Bertz CT molecular complexity index is 3840. The molecule has 13 rings (SSSR count). The van der Waals surface area contributed by atoms with Gasteiger partial charge in [0, 0.05) is 66.1 Å². The number of hydrogen-bond acceptors (Lipinski definition) is 3. The second kappa shape index (κ2) is 14.5. The van der Waals surface area contributed by atoms with Gasteiger partial charge in [-0.2, -0.15) is 0 Å². The lowest BCUT2D eigenvalue weighted by atomic mass is 10.0. The highest BCUT2D eigenvalue weighted by atomic mass is 15.1. The van der Waals surface area contributed by atoms with Crippen molar-refractivity contribution in [3.63, 3.8) is 0 Å². The Morgan fingerprint density at radius 2 is 0.554 bits per heavy atom. The number of aryl methyl sites for hydroxylation is 2. The summed E-state index contributed by atoms with van der Waals surface area (Å²) in [5.41, 5.74) is 15.6. The topological polar surface area (TPSA) is 53.5 Å². The highest BCUT2D eigenvalue weighted by molar-refractivity contribution is 6.40. The summed E-state index contributed by atoms with van der Waals surface area (Å²) in [5, 5.41) is 7.28. The number of para-hydroxylation sites is 3. The van der Waals surface area contributed by atoms with E-state index in [4.69, 9.17) is 15.0 Å². The molecule has 306 valence electrons. The van der Waals surface area contributed by atoms with Gasteiger partial charge in [0.1, 0.15) is 0 Å². The predicted molar refractivity (Wildman–Crippen MR) is 269 cm³/mol. The molecule has 0 spiro atoms. The highest BCUT2D eigenvalue weighted by Gasteiger charge is 2.29. The predicted octanol–water partition coefficient (Wildman–Crippen LogP) is 14.8. The summed E-state index contributed by atoms with van der Waals surface area (Å²) in [4.78, 5) is 15.1. The van der Waals surface area contributed by atoms with Crippen LogP contribution in [0, 0.1) is 13.8 Å². The SMILES string of the molecule is Cc1ccc(-n2c3ccccc3c3c2c2c4ccccc4n(-c4ccc(-c5nc(-c6ccccc6)nc(-c6ccccc6)n5)cc4)c2c2c4ccccc4n(-c4ccc(C)cc4)c32)cc1. The van der Waals surface area contributed by atoms with Crippen molar-refractivity contribution in [1.82, 2.24) is 28.7 Å². The van der Waals surface area contributed by atoms with Crippen LogP contribution in [0.1, 0.15) is 11.1 Å². The fourth-order valence-corrected chi connectivity index (χ4v) is 10.0. The molecule has 13 aromatic rings. The minimum atomic E-state index is 0.624. The molecule has 0 aliphatic heterocycles. The second-order valence-electron chi connectivity index (χ2n) is 17.0. The van der Waals surface area contributed by atoms with Gasteiger partial charge in [0.15, 0.2) is 17.5 Å². The number of nitrogens with zero attached hydrogens (tertiary/aromatic N) is 6. The average molecular weight is 833 g/mol. The molecule has 65 heavy (non-hydrogen) atoms. The molecule has 4 aromatic heterocycles. The van der Waals surface area contributed by atoms with Crippen LogP contribution in [0.25, 0.3) is 117 Å². The third-order valence-corrected chi connectivity index (χ3v) is 13.0. The van der Waals surface area contributed by atoms with E-state index in [1.807, 2.05) is 60.7 Å². The Labute approximate surface area is 375 Å². The van der Waals surface area contributed by atoms with Crippen LogP contribution in [0.3, 0.4) is 0 Å². The first-order valence-electron chi connectivity index (χ1n) is 22.1. The molecule has 0 bridgehead atoms. The molecule has 9 aromatic carbocycles. The zero-order chi connectivity index (χ0) is 43.2. The van der Waals surface area contributed by atoms with Gasteiger partial charge >= 0.3 is 0 Å². The van der Waals surface area contributed by atoms with Gasteiger partial charge in [-0.15, -0.1) is 0 Å². The van der Waals surface area contributed by atoms with Gasteiger partial charge in [-0.05, 0) is 80.6 Å². The molecular formula is C59H40N6. The molecule has 6 nitrogen and oxygen atoms in total. The highest BCUT2D eigenvalue weighted by Crippen LogP contribution is 2.50. The molecule has 0 saturated heterocycles. The van der Waals surface area contributed by atoms with Gasteiger partial charge in [-0.1, -0.05) is 151 Å². The van der Waals surface area contributed by atoms with Crippen molar-refractivity contribution in [3.05, 3.63) is 217 Å². The van der Waals surface area contributed by atoms with Crippen LogP contribution in [0.4, 0.5) is 0 Å². The van der Waals surface area contributed by atoms with Crippen LogP contribution < -0.4 is 0 Å². The molecular weight excluding hydrogens is 793 g/mol. The van der Waals surface area contributed by atoms with E-state index >= 15 is 0 Å². The molecule has 6 heteroatoms. The van der Waals surface area contributed by atoms with Gasteiger partial charge in [0.2, 0.25) is 0 Å². The number of hydrogen-bond donors (Lipinski definition) is 0. The average Bonchev–Trinajstić information content (AvgIpc) is 4.01. The van der Waals surface area contributed by atoms with Gasteiger partial charge in [-0.25, -0.2) is 15.0 Å². The Morgan fingerprint density at radius 3 is 0.892 bits per heavy atom. The molecule has 0 N–H and O–H groups in total. The first kappa shape index (κ1) is 37.0. The normalized spacial score (nSPS) is 11.8.